The predicted octanol–water partition coefficient (Wildman–Crippen LogP) is 4.13. The highest BCUT2D eigenvalue weighted by Crippen LogP contribution is 2.26. The molecule has 2 nitrogen and oxygen atoms in total. The topological polar surface area (TPSA) is 15.3 Å². The highest BCUT2D eigenvalue weighted by molar-refractivity contribution is 6.33. The van der Waals surface area contributed by atoms with Gasteiger partial charge in [-0.25, -0.2) is 0 Å². The lowest BCUT2D eigenvalue weighted by atomic mass is 10.1. The normalized spacial score (nSPS) is 19.6. The van der Waals surface area contributed by atoms with Gasteiger partial charge in [0.25, 0.3) is 0 Å². The molecule has 1 fully saturated rings. The minimum Gasteiger partial charge on any atom is -0.309 e. The highest BCUT2D eigenvalue weighted by atomic mass is 35.5. The minimum atomic E-state index is 0.219. The SMILES string of the molecule is CC(NCC(C)N1CCCC1)c1cc(Cl)ccc1Cl. The molecule has 1 aliphatic rings. The molecule has 2 atom stereocenters. The lowest BCUT2D eigenvalue weighted by Gasteiger charge is -2.26. The molecule has 1 heterocycles. The Hall–Kier alpha value is -0.280. The van der Waals surface area contributed by atoms with E-state index in [1.807, 2.05) is 18.2 Å². The first-order chi connectivity index (χ1) is 9.08. The van der Waals surface area contributed by atoms with Gasteiger partial charge in [0.05, 0.1) is 0 Å². The Morgan fingerprint density at radius 3 is 2.58 bits per heavy atom. The Kier molecular flexibility index (Phi) is 5.52. The Morgan fingerprint density at radius 1 is 1.21 bits per heavy atom. The Morgan fingerprint density at radius 2 is 1.89 bits per heavy atom. The van der Waals surface area contributed by atoms with Crippen LogP contribution in [-0.2, 0) is 0 Å². The molecule has 106 valence electrons. The summed E-state index contributed by atoms with van der Waals surface area (Å²) in [4.78, 5) is 2.54. The number of hydrogen-bond acceptors (Lipinski definition) is 2. The first-order valence-corrected chi connectivity index (χ1v) is 7.76. The Bertz CT molecular complexity index is 417. The van der Waals surface area contributed by atoms with Crippen LogP contribution in [0.25, 0.3) is 0 Å². The lowest BCUT2D eigenvalue weighted by molar-refractivity contribution is 0.247. The quantitative estimate of drug-likeness (QED) is 0.879. The van der Waals surface area contributed by atoms with Crippen LogP contribution in [0.4, 0.5) is 0 Å². The van der Waals surface area contributed by atoms with Crippen molar-refractivity contribution in [3.05, 3.63) is 33.8 Å². The molecule has 0 spiro atoms. The minimum absolute atomic E-state index is 0.219. The van der Waals surface area contributed by atoms with Gasteiger partial charge in [-0.3, -0.25) is 4.90 Å². The average molecular weight is 301 g/mol. The summed E-state index contributed by atoms with van der Waals surface area (Å²) in [5.74, 6) is 0. The zero-order chi connectivity index (χ0) is 13.8. The lowest BCUT2D eigenvalue weighted by Crippen LogP contribution is -2.39. The Labute approximate surface area is 126 Å². The fraction of sp³-hybridized carbons (Fsp3) is 0.600. The summed E-state index contributed by atoms with van der Waals surface area (Å²) in [5, 5.41) is 5.07. The van der Waals surface area contributed by atoms with Crippen LogP contribution >= 0.6 is 23.2 Å². The molecule has 2 unspecified atom stereocenters. The van der Waals surface area contributed by atoms with Crippen molar-refractivity contribution in [3.63, 3.8) is 0 Å². The van der Waals surface area contributed by atoms with Crippen LogP contribution in [0.15, 0.2) is 18.2 Å². The number of hydrogen-bond donors (Lipinski definition) is 1. The smallest absolute Gasteiger partial charge is 0.0454 e. The molecule has 0 aromatic heterocycles. The summed E-state index contributed by atoms with van der Waals surface area (Å²) in [5.41, 5.74) is 1.07. The summed E-state index contributed by atoms with van der Waals surface area (Å²) in [6.07, 6.45) is 2.67. The number of nitrogens with zero attached hydrogens (tertiary/aromatic N) is 1. The fourth-order valence-corrected chi connectivity index (χ4v) is 3.08. The number of nitrogens with one attached hydrogen (secondary N) is 1. The highest BCUT2D eigenvalue weighted by Gasteiger charge is 2.19. The van der Waals surface area contributed by atoms with Gasteiger partial charge in [0.1, 0.15) is 0 Å². The maximum Gasteiger partial charge on any atom is 0.0454 e. The maximum absolute atomic E-state index is 6.22. The van der Waals surface area contributed by atoms with Crippen LogP contribution in [0.1, 0.15) is 38.3 Å². The molecule has 0 radical (unpaired) electrons. The zero-order valence-electron chi connectivity index (χ0n) is 11.6. The molecule has 0 bridgehead atoms. The third-order valence-corrected chi connectivity index (χ3v) is 4.49. The second kappa shape index (κ2) is 6.94. The van der Waals surface area contributed by atoms with E-state index in [4.69, 9.17) is 23.2 Å². The van der Waals surface area contributed by atoms with Gasteiger partial charge in [0.15, 0.2) is 0 Å². The summed E-state index contributed by atoms with van der Waals surface area (Å²) < 4.78 is 0. The number of benzene rings is 1. The second-order valence-electron chi connectivity index (χ2n) is 5.39. The van der Waals surface area contributed by atoms with E-state index in [-0.39, 0.29) is 6.04 Å². The molecule has 19 heavy (non-hydrogen) atoms. The second-order valence-corrected chi connectivity index (χ2v) is 6.23. The van der Waals surface area contributed by atoms with Crippen molar-refractivity contribution in [2.45, 2.75) is 38.8 Å². The molecule has 4 heteroatoms. The summed E-state index contributed by atoms with van der Waals surface area (Å²) in [6, 6.07) is 6.43. The molecule has 1 aliphatic heterocycles. The Balaban J connectivity index is 1.89. The molecule has 0 aliphatic carbocycles. The molecular formula is C15H22Cl2N2. The molecule has 0 saturated carbocycles. The molecule has 1 aromatic carbocycles. The van der Waals surface area contributed by atoms with E-state index >= 15 is 0 Å². The van der Waals surface area contributed by atoms with E-state index in [0.29, 0.717) is 6.04 Å². The van der Waals surface area contributed by atoms with Crippen molar-refractivity contribution < 1.29 is 0 Å². The van der Waals surface area contributed by atoms with E-state index in [1.165, 1.54) is 25.9 Å². The molecular weight excluding hydrogens is 279 g/mol. The van der Waals surface area contributed by atoms with Crippen molar-refractivity contribution in [3.8, 4) is 0 Å². The van der Waals surface area contributed by atoms with Gasteiger partial charge in [0, 0.05) is 28.7 Å². The third-order valence-electron chi connectivity index (χ3n) is 3.91. The molecule has 1 N–H and O–H groups in total. The molecule has 1 aromatic rings. The van der Waals surface area contributed by atoms with E-state index in [1.54, 1.807) is 0 Å². The molecule has 0 amide bonds. The first kappa shape index (κ1) is 15.1. The van der Waals surface area contributed by atoms with E-state index in [9.17, 15) is 0 Å². The van der Waals surface area contributed by atoms with E-state index in [2.05, 4.69) is 24.1 Å². The van der Waals surface area contributed by atoms with Crippen LogP contribution in [0, 0.1) is 0 Å². The summed E-state index contributed by atoms with van der Waals surface area (Å²) in [7, 11) is 0. The number of rotatable bonds is 5. The number of likely N-dealkylation sites (tertiary alicyclic amines) is 1. The van der Waals surface area contributed by atoms with E-state index in [0.717, 1.165) is 22.2 Å². The zero-order valence-corrected chi connectivity index (χ0v) is 13.1. The molecule has 1 saturated heterocycles. The van der Waals surface area contributed by atoms with E-state index < -0.39 is 0 Å². The van der Waals surface area contributed by atoms with Crippen molar-refractivity contribution in [2.75, 3.05) is 19.6 Å². The van der Waals surface area contributed by atoms with Gasteiger partial charge >= 0.3 is 0 Å². The van der Waals surface area contributed by atoms with Crippen molar-refractivity contribution in [1.29, 1.82) is 0 Å². The average Bonchev–Trinajstić information content (AvgIpc) is 2.92. The van der Waals surface area contributed by atoms with Crippen molar-refractivity contribution in [2.24, 2.45) is 0 Å². The van der Waals surface area contributed by atoms with Crippen molar-refractivity contribution in [1.82, 2.24) is 10.2 Å². The van der Waals surface area contributed by atoms with Crippen LogP contribution in [0.2, 0.25) is 10.0 Å². The molecule has 2 rings (SSSR count). The fourth-order valence-electron chi connectivity index (χ4n) is 2.62. The number of halogens is 2. The van der Waals surface area contributed by atoms with Crippen LogP contribution in [0.3, 0.4) is 0 Å². The first-order valence-electron chi connectivity index (χ1n) is 7.00. The van der Waals surface area contributed by atoms with Gasteiger partial charge in [-0.2, -0.15) is 0 Å². The maximum atomic E-state index is 6.22. The standard InChI is InChI=1S/C15H22Cl2N2/c1-11(19-7-3-4-8-19)10-18-12(2)14-9-13(16)5-6-15(14)17/h5-6,9,11-12,18H,3-4,7-8,10H2,1-2H3. The van der Waals surface area contributed by atoms with Crippen LogP contribution in [0.5, 0.6) is 0 Å². The summed E-state index contributed by atoms with van der Waals surface area (Å²) >= 11 is 12.3. The van der Waals surface area contributed by atoms with Crippen LogP contribution in [-0.4, -0.2) is 30.6 Å². The van der Waals surface area contributed by atoms with Gasteiger partial charge in [-0.15, -0.1) is 0 Å². The van der Waals surface area contributed by atoms with Gasteiger partial charge < -0.3 is 5.32 Å². The van der Waals surface area contributed by atoms with Crippen molar-refractivity contribution >= 4 is 23.2 Å². The monoisotopic (exact) mass is 300 g/mol. The van der Waals surface area contributed by atoms with Gasteiger partial charge in [-0.05, 0) is 63.5 Å². The third kappa shape index (κ3) is 4.09. The largest absolute Gasteiger partial charge is 0.309 e. The van der Waals surface area contributed by atoms with Gasteiger partial charge in [-0.1, -0.05) is 23.2 Å². The predicted molar refractivity (Wildman–Crippen MR) is 83.1 cm³/mol. The van der Waals surface area contributed by atoms with Gasteiger partial charge in [0.2, 0.25) is 0 Å². The van der Waals surface area contributed by atoms with Crippen LogP contribution < -0.4 is 5.32 Å². The summed E-state index contributed by atoms with van der Waals surface area (Å²) in [6.45, 7) is 7.85.